The summed E-state index contributed by atoms with van der Waals surface area (Å²) in [6, 6.07) is 0.180. The van der Waals surface area contributed by atoms with E-state index in [2.05, 4.69) is 27.4 Å². The van der Waals surface area contributed by atoms with Crippen LogP contribution in [0.3, 0.4) is 0 Å². The highest BCUT2D eigenvalue weighted by atomic mass is 16.2. The van der Waals surface area contributed by atoms with Gasteiger partial charge in [0.25, 0.3) is 0 Å². The first-order chi connectivity index (χ1) is 10.2. The highest BCUT2D eigenvalue weighted by molar-refractivity contribution is 5.79. The molecule has 0 saturated carbocycles. The predicted molar refractivity (Wildman–Crippen MR) is 88.7 cm³/mol. The fraction of sp³-hybridized carbons (Fsp3) is 0.875. The molecule has 0 atom stereocenters. The fourth-order valence-corrected chi connectivity index (χ4v) is 2.38. The topological polar surface area (TPSA) is 64.7 Å². The van der Waals surface area contributed by atoms with Crippen molar-refractivity contribution >= 4 is 11.8 Å². The van der Waals surface area contributed by atoms with Gasteiger partial charge in [0.2, 0.25) is 11.8 Å². The summed E-state index contributed by atoms with van der Waals surface area (Å²) >= 11 is 0. The zero-order valence-electron chi connectivity index (χ0n) is 14.7. The molecule has 128 valence electrons. The van der Waals surface area contributed by atoms with E-state index in [9.17, 15) is 9.59 Å². The third-order valence-corrected chi connectivity index (χ3v) is 4.01. The molecule has 0 radical (unpaired) electrons. The van der Waals surface area contributed by atoms with Gasteiger partial charge in [-0.05, 0) is 34.1 Å². The molecule has 1 fully saturated rings. The van der Waals surface area contributed by atoms with Gasteiger partial charge in [0.1, 0.15) is 0 Å². The summed E-state index contributed by atoms with van der Waals surface area (Å²) in [5, 5.41) is 5.97. The second-order valence-electron chi connectivity index (χ2n) is 7.06. The van der Waals surface area contributed by atoms with Crippen LogP contribution >= 0.6 is 0 Å². The molecule has 6 heteroatoms. The largest absolute Gasteiger partial charge is 0.353 e. The molecule has 1 heterocycles. The highest BCUT2D eigenvalue weighted by Gasteiger charge is 2.23. The molecule has 0 spiro atoms. The molecule has 2 amide bonds. The van der Waals surface area contributed by atoms with Crippen molar-refractivity contribution in [2.75, 3.05) is 39.3 Å². The molecule has 0 aromatic rings. The predicted octanol–water partition coefficient (Wildman–Crippen LogP) is 0.433. The Labute approximate surface area is 134 Å². The van der Waals surface area contributed by atoms with E-state index in [1.807, 2.05) is 27.7 Å². The average Bonchev–Trinajstić information content (AvgIpc) is 2.39. The first-order valence-corrected chi connectivity index (χ1v) is 8.27. The summed E-state index contributed by atoms with van der Waals surface area (Å²) < 4.78 is 0. The van der Waals surface area contributed by atoms with Crippen LogP contribution in [0.1, 0.15) is 41.0 Å². The number of hydrogen-bond acceptors (Lipinski definition) is 4. The summed E-state index contributed by atoms with van der Waals surface area (Å²) in [6.45, 7) is 14.3. The van der Waals surface area contributed by atoms with E-state index >= 15 is 0 Å². The molecular weight excluding hydrogens is 280 g/mol. The molecule has 0 bridgehead atoms. The lowest BCUT2D eigenvalue weighted by Gasteiger charge is -2.34. The number of piperazine rings is 1. The number of rotatable bonds is 7. The zero-order valence-corrected chi connectivity index (χ0v) is 14.7. The average molecular weight is 312 g/mol. The van der Waals surface area contributed by atoms with E-state index in [0.29, 0.717) is 13.1 Å². The van der Waals surface area contributed by atoms with Crippen molar-refractivity contribution in [3.8, 4) is 0 Å². The monoisotopic (exact) mass is 312 g/mol. The fourth-order valence-electron chi connectivity index (χ4n) is 2.38. The van der Waals surface area contributed by atoms with Crippen LogP contribution in [0.15, 0.2) is 0 Å². The van der Waals surface area contributed by atoms with Gasteiger partial charge in [-0.15, -0.1) is 0 Å². The second-order valence-corrected chi connectivity index (χ2v) is 7.06. The summed E-state index contributed by atoms with van der Waals surface area (Å²) in [6.07, 6.45) is 0.914. The van der Waals surface area contributed by atoms with Gasteiger partial charge in [-0.3, -0.25) is 19.4 Å². The molecule has 1 aliphatic heterocycles. The number of hydrogen-bond donors (Lipinski definition) is 2. The van der Waals surface area contributed by atoms with E-state index in [1.165, 1.54) is 0 Å². The van der Waals surface area contributed by atoms with E-state index in [0.717, 1.165) is 32.6 Å². The maximum Gasteiger partial charge on any atom is 0.234 e. The number of nitrogens with one attached hydrogen (secondary N) is 2. The smallest absolute Gasteiger partial charge is 0.234 e. The lowest BCUT2D eigenvalue weighted by Crippen LogP contribution is -2.53. The molecule has 0 aromatic heterocycles. The van der Waals surface area contributed by atoms with E-state index in [1.54, 1.807) is 0 Å². The maximum atomic E-state index is 12.0. The normalized spacial score (nSPS) is 17.5. The van der Waals surface area contributed by atoms with E-state index in [-0.39, 0.29) is 23.4 Å². The van der Waals surface area contributed by atoms with Gasteiger partial charge in [-0.2, -0.15) is 0 Å². The van der Waals surface area contributed by atoms with Gasteiger partial charge in [0.15, 0.2) is 0 Å². The summed E-state index contributed by atoms with van der Waals surface area (Å²) in [5.74, 6) is 0.156. The molecule has 1 aliphatic rings. The number of carbonyl (C=O) groups excluding carboxylic acids is 2. The van der Waals surface area contributed by atoms with Gasteiger partial charge in [0, 0.05) is 37.8 Å². The SMILES string of the molecule is CCC(C)(C)NC(=O)CN1CCN(CC(=O)NC(C)C)CC1. The van der Waals surface area contributed by atoms with Crippen LogP contribution in [0.2, 0.25) is 0 Å². The van der Waals surface area contributed by atoms with Crippen LogP contribution in [0, 0.1) is 0 Å². The minimum Gasteiger partial charge on any atom is -0.353 e. The number of amides is 2. The second kappa shape index (κ2) is 8.48. The minimum absolute atomic E-state index is 0.0749. The molecule has 0 aliphatic carbocycles. The lowest BCUT2D eigenvalue weighted by atomic mass is 10.0. The molecule has 1 saturated heterocycles. The van der Waals surface area contributed by atoms with Crippen LogP contribution in [0.4, 0.5) is 0 Å². The van der Waals surface area contributed by atoms with Crippen LogP contribution in [0.25, 0.3) is 0 Å². The Balaban J connectivity index is 2.28. The Morgan fingerprint density at radius 3 is 1.86 bits per heavy atom. The van der Waals surface area contributed by atoms with Crippen molar-refractivity contribution in [1.29, 1.82) is 0 Å². The van der Waals surface area contributed by atoms with E-state index in [4.69, 9.17) is 0 Å². The van der Waals surface area contributed by atoms with Gasteiger partial charge in [-0.1, -0.05) is 6.92 Å². The first kappa shape index (κ1) is 18.9. The Hall–Kier alpha value is -1.14. The molecular formula is C16H32N4O2. The molecule has 0 aromatic carbocycles. The third-order valence-electron chi connectivity index (χ3n) is 4.01. The molecule has 22 heavy (non-hydrogen) atoms. The van der Waals surface area contributed by atoms with Crippen LogP contribution in [-0.4, -0.2) is 72.5 Å². The van der Waals surface area contributed by atoms with Gasteiger partial charge >= 0.3 is 0 Å². The number of nitrogens with zero attached hydrogens (tertiary/aromatic N) is 2. The van der Waals surface area contributed by atoms with Crippen molar-refractivity contribution < 1.29 is 9.59 Å². The first-order valence-electron chi connectivity index (χ1n) is 8.27. The van der Waals surface area contributed by atoms with Gasteiger partial charge in [-0.25, -0.2) is 0 Å². The summed E-state index contributed by atoms with van der Waals surface area (Å²) in [5.41, 5.74) is -0.145. The summed E-state index contributed by atoms with van der Waals surface area (Å²) in [4.78, 5) is 28.1. The van der Waals surface area contributed by atoms with Crippen molar-refractivity contribution in [2.24, 2.45) is 0 Å². The standard InChI is InChI=1S/C16H32N4O2/c1-6-16(4,5)18-15(22)12-20-9-7-19(8-10-20)11-14(21)17-13(2)3/h13H,6-12H2,1-5H3,(H,17,21)(H,18,22). The minimum atomic E-state index is -0.145. The zero-order chi connectivity index (χ0) is 16.8. The Morgan fingerprint density at radius 2 is 1.45 bits per heavy atom. The van der Waals surface area contributed by atoms with Crippen LogP contribution < -0.4 is 10.6 Å². The quantitative estimate of drug-likeness (QED) is 0.716. The highest BCUT2D eigenvalue weighted by Crippen LogP contribution is 2.07. The third kappa shape index (κ3) is 7.22. The molecule has 2 N–H and O–H groups in total. The molecule has 1 rings (SSSR count). The van der Waals surface area contributed by atoms with Crippen molar-refractivity contribution in [3.05, 3.63) is 0 Å². The lowest BCUT2D eigenvalue weighted by molar-refractivity contribution is -0.126. The van der Waals surface area contributed by atoms with Crippen LogP contribution in [-0.2, 0) is 9.59 Å². The summed E-state index contributed by atoms with van der Waals surface area (Å²) in [7, 11) is 0. The van der Waals surface area contributed by atoms with Gasteiger partial charge in [0.05, 0.1) is 13.1 Å². The van der Waals surface area contributed by atoms with Crippen molar-refractivity contribution in [3.63, 3.8) is 0 Å². The number of carbonyl (C=O) groups is 2. The van der Waals surface area contributed by atoms with Crippen molar-refractivity contribution in [2.45, 2.75) is 52.6 Å². The van der Waals surface area contributed by atoms with Gasteiger partial charge < -0.3 is 10.6 Å². The Kier molecular flexibility index (Phi) is 7.29. The Bertz CT molecular complexity index is 374. The van der Waals surface area contributed by atoms with E-state index < -0.39 is 0 Å². The Morgan fingerprint density at radius 1 is 1.00 bits per heavy atom. The molecule has 6 nitrogen and oxygen atoms in total. The molecule has 0 unspecified atom stereocenters. The van der Waals surface area contributed by atoms with Crippen molar-refractivity contribution in [1.82, 2.24) is 20.4 Å². The maximum absolute atomic E-state index is 12.0. The van der Waals surface area contributed by atoms with Crippen LogP contribution in [0.5, 0.6) is 0 Å².